The van der Waals surface area contributed by atoms with Gasteiger partial charge in [0.1, 0.15) is 5.75 Å². The first-order valence-corrected chi connectivity index (χ1v) is 7.01. The predicted octanol–water partition coefficient (Wildman–Crippen LogP) is 3.78. The molecule has 2 aromatic carbocycles. The number of benzene rings is 2. The Kier molecular flexibility index (Phi) is 4.80. The maximum absolute atomic E-state index is 5.33. The molecule has 19 heavy (non-hydrogen) atoms. The van der Waals surface area contributed by atoms with E-state index in [-0.39, 0.29) is 0 Å². The van der Waals surface area contributed by atoms with Crippen LogP contribution in [0.1, 0.15) is 25.3 Å². The summed E-state index contributed by atoms with van der Waals surface area (Å²) in [6, 6.07) is 13.4. The Bertz CT molecular complexity index is 532. The van der Waals surface area contributed by atoms with Crippen molar-refractivity contribution in [1.29, 1.82) is 0 Å². The summed E-state index contributed by atoms with van der Waals surface area (Å²) in [6.45, 7) is 2.23. The molecule has 2 heteroatoms. The highest BCUT2D eigenvalue weighted by Crippen LogP contribution is 2.25. The van der Waals surface area contributed by atoms with E-state index in [4.69, 9.17) is 4.74 Å². The normalized spacial score (nSPS) is 12.6. The van der Waals surface area contributed by atoms with Crippen LogP contribution in [0.2, 0.25) is 0 Å². The van der Waals surface area contributed by atoms with Gasteiger partial charge in [0.05, 0.1) is 7.11 Å². The second kappa shape index (κ2) is 6.58. The second-order valence-electron chi connectivity index (χ2n) is 4.94. The van der Waals surface area contributed by atoms with Gasteiger partial charge in [0.15, 0.2) is 0 Å². The van der Waals surface area contributed by atoms with Crippen LogP contribution in [0.5, 0.6) is 5.75 Å². The van der Waals surface area contributed by atoms with Gasteiger partial charge in [-0.25, -0.2) is 0 Å². The molecule has 0 saturated carbocycles. The number of nitrogens with one attached hydrogen (secondary N) is 1. The molecule has 0 aromatic heterocycles. The van der Waals surface area contributed by atoms with E-state index in [0.717, 1.165) is 12.2 Å². The number of methoxy groups -OCH3 is 1. The zero-order chi connectivity index (χ0) is 13.7. The van der Waals surface area contributed by atoms with Crippen LogP contribution in [0.4, 0.5) is 0 Å². The maximum atomic E-state index is 5.33. The zero-order valence-electron chi connectivity index (χ0n) is 12.1. The first-order valence-electron chi connectivity index (χ1n) is 7.01. The summed E-state index contributed by atoms with van der Waals surface area (Å²) in [6.07, 6.45) is 3.44. The van der Waals surface area contributed by atoms with Crippen molar-refractivity contribution in [3.05, 3.63) is 42.0 Å². The highest BCUT2D eigenvalue weighted by atomic mass is 16.5. The van der Waals surface area contributed by atoms with E-state index in [2.05, 4.69) is 42.6 Å². The Labute approximate surface area is 115 Å². The molecule has 0 amide bonds. The van der Waals surface area contributed by atoms with Gasteiger partial charge >= 0.3 is 0 Å². The zero-order valence-corrected chi connectivity index (χ0v) is 12.1. The molecule has 0 bridgehead atoms. The number of hydrogen-bond donors (Lipinski definition) is 1. The third-order valence-electron chi connectivity index (χ3n) is 3.84. The Hall–Kier alpha value is -1.54. The van der Waals surface area contributed by atoms with Gasteiger partial charge in [-0.05, 0) is 54.8 Å². The minimum Gasteiger partial charge on any atom is -0.497 e. The first-order chi connectivity index (χ1) is 9.28. The summed E-state index contributed by atoms with van der Waals surface area (Å²) in [4.78, 5) is 0. The molecule has 2 nitrogen and oxygen atoms in total. The smallest absolute Gasteiger partial charge is 0.119 e. The number of hydrogen-bond acceptors (Lipinski definition) is 2. The number of fused-ring (bicyclic) bond motifs is 1. The third-order valence-corrected chi connectivity index (χ3v) is 3.84. The predicted molar refractivity (Wildman–Crippen MR) is 82.0 cm³/mol. The lowest BCUT2D eigenvalue weighted by Gasteiger charge is -2.14. The van der Waals surface area contributed by atoms with Crippen LogP contribution < -0.4 is 10.1 Å². The largest absolute Gasteiger partial charge is 0.497 e. The van der Waals surface area contributed by atoms with Crippen molar-refractivity contribution in [2.45, 2.75) is 32.2 Å². The Morgan fingerprint density at radius 2 is 2.05 bits per heavy atom. The summed E-state index contributed by atoms with van der Waals surface area (Å²) in [7, 11) is 3.76. The topological polar surface area (TPSA) is 21.3 Å². The van der Waals surface area contributed by atoms with Gasteiger partial charge in [0.2, 0.25) is 0 Å². The Balaban J connectivity index is 2.26. The molecule has 0 radical (unpaired) electrons. The van der Waals surface area contributed by atoms with Gasteiger partial charge in [-0.1, -0.05) is 31.2 Å². The summed E-state index contributed by atoms with van der Waals surface area (Å²) < 4.78 is 5.33. The molecular formula is C17H23NO. The van der Waals surface area contributed by atoms with Crippen LogP contribution in [0, 0.1) is 0 Å². The van der Waals surface area contributed by atoms with Crippen LogP contribution in [0.15, 0.2) is 36.4 Å². The van der Waals surface area contributed by atoms with E-state index in [0.29, 0.717) is 6.04 Å². The molecule has 0 heterocycles. The fraction of sp³-hybridized carbons (Fsp3) is 0.412. The number of ether oxygens (including phenoxy) is 1. The van der Waals surface area contributed by atoms with Crippen LogP contribution in [0.3, 0.4) is 0 Å². The van der Waals surface area contributed by atoms with Gasteiger partial charge in [0, 0.05) is 6.04 Å². The quantitative estimate of drug-likeness (QED) is 0.850. The summed E-state index contributed by atoms with van der Waals surface area (Å²) in [5.41, 5.74) is 1.41. The van der Waals surface area contributed by atoms with E-state index in [1.807, 2.05) is 13.1 Å². The van der Waals surface area contributed by atoms with E-state index in [1.54, 1.807) is 7.11 Å². The SMILES string of the molecule is CCC(CCc1cccc2ccc(OC)cc12)NC. The molecule has 0 fully saturated rings. The first kappa shape index (κ1) is 13.9. The second-order valence-corrected chi connectivity index (χ2v) is 4.94. The highest BCUT2D eigenvalue weighted by molar-refractivity contribution is 5.87. The fourth-order valence-corrected chi connectivity index (χ4v) is 2.54. The van der Waals surface area contributed by atoms with Gasteiger partial charge in [-0.3, -0.25) is 0 Å². The standard InChI is InChI=1S/C17H23NO/c1-4-15(18-2)10-8-13-6-5-7-14-9-11-16(19-3)12-17(13)14/h5-7,9,11-12,15,18H,4,8,10H2,1-3H3. The van der Waals surface area contributed by atoms with Gasteiger partial charge in [-0.15, -0.1) is 0 Å². The van der Waals surface area contributed by atoms with Crippen molar-refractivity contribution in [2.24, 2.45) is 0 Å². The van der Waals surface area contributed by atoms with Crippen LogP contribution >= 0.6 is 0 Å². The molecule has 0 aliphatic carbocycles. The number of aryl methyl sites for hydroxylation is 1. The molecular weight excluding hydrogens is 234 g/mol. The molecule has 1 unspecified atom stereocenters. The van der Waals surface area contributed by atoms with Crippen molar-refractivity contribution < 1.29 is 4.74 Å². The minimum absolute atomic E-state index is 0.598. The van der Waals surface area contributed by atoms with Gasteiger partial charge in [-0.2, -0.15) is 0 Å². The molecule has 1 N–H and O–H groups in total. The van der Waals surface area contributed by atoms with Gasteiger partial charge < -0.3 is 10.1 Å². The lowest BCUT2D eigenvalue weighted by atomic mass is 9.98. The molecule has 2 rings (SSSR count). The van der Waals surface area contributed by atoms with Crippen molar-refractivity contribution in [3.63, 3.8) is 0 Å². The average molecular weight is 257 g/mol. The molecule has 0 aliphatic rings. The van der Waals surface area contributed by atoms with Crippen molar-refractivity contribution in [1.82, 2.24) is 5.32 Å². The van der Waals surface area contributed by atoms with Crippen molar-refractivity contribution in [3.8, 4) is 5.75 Å². The van der Waals surface area contributed by atoms with E-state index in [9.17, 15) is 0 Å². The maximum Gasteiger partial charge on any atom is 0.119 e. The minimum atomic E-state index is 0.598. The molecule has 0 aliphatic heterocycles. The summed E-state index contributed by atoms with van der Waals surface area (Å²) >= 11 is 0. The third kappa shape index (κ3) is 3.27. The molecule has 102 valence electrons. The average Bonchev–Trinajstić information content (AvgIpc) is 2.47. The Morgan fingerprint density at radius 1 is 1.21 bits per heavy atom. The lowest BCUT2D eigenvalue weighted by molar-refractivity contribution is 0.415. The van der Waals surface area contributed by atoms with Crippen molar-refractivity contribution in [2.75, 3.05) is 14.2 Å². The number of rotatable bonds is 6. The van der Waals surface area contributed by atoms with E-state index >= 15 is 0 Å². The van der Waals surface area contributed by atoms with Gasteiger partial charge in [0.25, 0.3) is 0 Å². The van der Waals surface area contributed by atoms with E-state index in [1.165, 1.54) is 29.2 Å². The summed E-state index contributed by atoms with van der Waals surface area (Å²) in [5.74, 6) is 0.931. The van der Waals surface area contributed by atoms with Crippen LogP contribution in [-0.4, -0.2) is 20.2 Å². The van der Waals surface area contributed by atoms with E-state index < -0.39 is 0 Å². The van der Waals surface area contributed by atoms with Crippen molar-refractivity contribution >= 4 is 10.8 Å². The fourth-order valence-electron chi connectivity index (χ4n) is 2.54. The lowest BCUT2D eigenvalue weighted by Crippen LogP contribution is -2.24. The molecule has 1 atom stereocenters. The molecule has 0 saturated heterocycles. The molecule has 0 spiro atoms. The Morgan fingerprint density at radius 3 is 2.74 bits per heavy atom. The van der Waals surface area contributed by atoms with Crippen LogP contribution in [0.25, 0.3) is 10.8 Å². The summed E-state index contributed by atoms with van der Waals surface area (Å²) in [5, 5.41) is 5.97. The molecule has 2 aromatic rings. The van der Waals surface area contributed by atoms with Crippen LogP contribution in [-0.2, 0) is 6.42 Å². The highest BCUT2D eigenvalue weighted by Gasteiger charge is 2.06. The monoisotopic (exact) mass is 257 g/mol.